The van der Waals surface area contributed by atoms with Crippen molar-refractivity contribution in [1.82, 2.24) is 20.1 Å². The highest BCUT2D eigenvalue weighted by Crippen LogP contribution is 2.12. The number of nitrogens with zero attached hydrogens (tertiary/aromatic N) is 3. The molecule has 2 aromatic rings. The molecule has 0 saturated heterocycles. The topological polar surface area (TPSA) is 80.0 Å². The molecule has 1 amide bonds. The van der Waals surface area contributed by atoms with E-state index >= 15 is 0 Å². The third-order valence-electron chi connectivity index (χ3n) is 2.54. The van der Waals surface area contributed by atoms with E-state index in [1.165, 1.54) is 4.68 Å². The van der Waals surface area contributed by atoms with Crippen molar-refractivity contribution in [3.63, 3.8) is 0 Å². The summed E-state index contributed by atoms with van der Waals surface area (Å²) < 4.78 is 1.51. The second kappa shape index (κ2) is 4.97. The van der Waals surface area contributed by atoms with Crippen LogP contribution >= 0.6 is 0 Å². The number of aromatic nitrogens is 3. The predicted octanol–water partition coefficient (Wildman–Crippen LogP) is 0.680. The SMILES string of the molecule is CNC(=O)c1ccn(-c2ccc([C@@H](C)O)cn2)n1. The van der Waals surface area contributed by atoms with E-state index in [1.807, 2.05) is 0 Å². The molecule has 0 radical (unpaired) electrons. The lowest BCUT2D eigenvalue weighted by molar-refractivity contribution is 0.0957. The van der Waals surface area contributed by atoms with Crippen LogP contribution in [0.1, 0.15) is 29.1 Å². The molecule has 2 aromatic heterocycles. The first-order valence-electron chi connectivity index (χ1n) is 5.54. The summed E-state index contributed by atoms with van der Waals surface area (Å²) in [6.45, 7) is 1.67. The van der Waals surface area contributed by atoms with Crippen LogP contribution in [0, 0.1) is 0 Å². The molecular weight excluding hydrogens is 232 g/mol. The van der Waals surface area contributed by atoms with Gasteiger partial charge in [-0.3, -0.25) is 4.79 Å². The van der Waals surface area contributed by atoms with E-state index in [2.05, 4.69) is 15.4 Å². The number of nitrogens with one attached hydrogen (secondary N) is 1. The third kappa shape index (κ3) is 2.38. The molecule has 6 heteroatoms. The van der Waals surface area contributed by atoms with Crippen molar-refractivity contribution in [3.05, 3.63) is 41.9 Å². The fourth-order valence-corrected chi connectivity index (χ4v) is 1.48. The summed E-state index contributed by atoms with van der Waals surface area (Å²) >= 11 is 0. The molecule has 0 aliphatic rings. The molecule has 2 N–H and O–H groups in total. The van der Waals surface area contributed by atoms with Crippen molar-refractivity contribution >= 4 is 5.91 Å². The second-order valence-electron chi connectivity index (χ2n) is 3.85. The Kier molecular flexibility index (Phi) is 3.38. The molecule has 0 spiro atoms. The Hall–Kier alpha value is -2.21. The van der Waals surface area contributed by atoms with E-state index in [0.29, 0.717) is 11.5 Å². The number of amides is 1. The quantitative estimate of drug-likeness (QED) is 0.834. The number of rotatable bonds is 3. The van der Waals surface area contributed by atoms with Gasteiger partial charge in [-0.1, -0.05) is 6.07 Å². The van der Waals surface area contributed by atoms with E-state index in [0.717, 1.165) is 5.56 Å². The van der Waals surface area contributed by atoms with E-state index < -0.39 is 6.10 Å². The van der Waals surface area contributed by atoms with Gasteiger partial charge in [0.05, 0.1) is 6.10 Å². The smallest absolute Gasteiger partial charge is 0.271 e. The van der Waals surface area contributed by atoms with Crippen LogP contribution in [-0.4, -0.2) is 32.8 Å². The Morgan fingerprint density at radius 2 is 2.22 bits per heavy atom. The lowest BCUT2D eigenvalue weighted by atomic mass is 10.2. The van der Waals surface area contributed by atoms with E-state index in [4.69, 9.17) is 0 Å². The highest BCUT2D eigenvalue weighted by Gasteiger charge is 2.09. The van der Waals surface area contributed by atoms with Gasteiger partial charge in [0.2, 0.25) is 0 Å². The average Bonchev–Trinajstić information content (AvgIpc) is 2.87. The number of aliphatic hydroxyl groups excluding tert-OH is 1. The number of hydrogen-bond donors (Lipinski definition) is 2. The zero-order chi connectivity index (χ0) is 13.1. The summed E-state index contributed by atoms with van der Waals surface area (Å²) in [5, 5.41) is 16.0. The van der Waals surface area contributed by atoms with E-state index in [-0.39, 0.29) is 5.91 Å². The largest absolute Gasteiger partial charge is 0.389 e. The highest BCUT2D eigenvalue weighted by molar-refractivity contribution is 5.91. The molecule has 2 rings (SSSR count). The molecule has 0 bridgehead atoms. The summed E-state index contributed by atoms with van der Waals surface area (Å²) in [5.74, 6) is 0.351. The number of hydrogen-bond acceptors (Lipinski definition) is 4. The molecule has 0 aliphatic carbocycles. The lowest BCUT2D eigenvalue weighted by Crippen LogP contribution is -2.18. The first kappa shape index (κ1) is 12.3. The average molecular weight is 246 g/mol. The third-order valence-corrected chi connectivity index (χ3v) is 2.54. The van der Waals surface area contributed by atoms with Crippen molar-refractivity contribution in [1.29, 1.82) is 0 Å². The van der Waals surface area contributed by atoms with Crippen LogP contribution in [0.5, 0.6) is 0 Å². The maximum absolute atomic E-state index is 11.4. The summed E-state index contributed by atoms with van der Waals surface area (Å²) in [6, 6.07) is 5.13. The van der Waals surface area contributed by atoms with Crippen molar-refractivity contribution in [2.24, 2.45) is 0 Å². The Morgan fingerprint density at radius 1 is 1.44 bits per heavy atom. The summed E-state index contributed by atoms with van der Waals surface area (Å²) in [5.41, 5.74) is 1.07. The molecule has 6 nitrogen and oxygen atoms in total. The number of carbonyl (C=O) groups is 1. The van der Waals surface area contributed by atoms with Crippen LogP contribution in [0.4, 0.5) is 0 Å². The molecule has 94 valence electrons. The van der Waals surface area contributed by atoms with Gasteiger partial charge in [-0.2, -0.15) is 5.10 Å². The molecular formula is C12H14N4O2. The van der Waals surface area contributed by atoms with Gasteiger partial charge in [0.25, 0.3) is 5.91 Å². The monoisotopic (exact) mass is 246 g/mol. The molecule has 2 heterocycles. The summed E-state index contributed by atoms with van der Waals surface area (Å²) in [7, 11) is 1.55. The van der Waals surface area contributed by atoms with Crippen LogP contribution in [0.15, 0.2) is 30.6 Å². The fraction of sp³-hybridized carbons (Fsp3) is 0.250. The van der Waals surface area contributed by atoms with Gasteiger partial charge in [0.1, 0.15) is 0 Å². The van der Waals surface area contributed by atoms with Crippen molar-refractivity contribution in [3.8, 4) is 5.82 Å². The Labute approximate surface area is 104 Å². The van der Waals surface area contributed by atoms with Gasteiger partial charge in [0, 0.05) is 19.4 Å². The normalized spacial score (nSPS) is 12.2. The standard InChI is InChI=1S/C12H14N4O2/c1-8(17)9-3-4-11(14-7-9)16-6-5-10(15-16)12(18)13-2/h3-8,17H,1-2H3,(H,13,18)/t8-/m1/s1. The first-order valence-corrected chi connectivity index (χ1v) is 5.54. The Balaban J connectivity index is 2.26. The molecule has 1 atom stereocenters. The van der Waals surface area contributed by atoms with Crippen LogP contribution in [0.3, 0.4) is 0 Å². The van der Waals surface area contributed by atoms with Crippen LogP contribution in [0.2, 0.25) is 0 Å². The molecule has 0 aromatic carbocycles. The maximum Gasteiger partial charge on any atom is 0.271 e. The summed E-state index contributed by atoms with van der Waals surface area (Å²) in [4.78, 5) is 15.5. The second-order valence-corrected chi connectivity index (χ2v) is 3.85. The number of carbonyl (C=O) groups excluding carboxylic acids is 1. The van der Waals surface area contributed by atoms with Gasteiger partial charge in [-0.15, -0.1) is 0 Å². The number of pyridine rings is 1. The Morgan fingerprint density at radius 3 is 2.78 bits per heavy atom. The minimum absolute atomic E-state index is 0.241. The van der Waals surface area contributed by atoms with Crippen molar-refractivity contribution < 1.29 is 9.90 Å². The first-order chi connectivity index (χ1) is 8.61. The highest BCUT2D eigenvalue weighted by atomic mass is 16.3. The minimum Gasteiger partial charge on any atom is -0.389 e. The van der Waals surface area contributed by atoms with Gasteiger partial charge >= 0.3 is 0 Å². The summed E-state index contributed by atoms with van der Waals surface area (Å²) in [6.07, 6.45) is 2.70. The zero-order valence-electron chi connectivity index (χ0n) is 10.2. The van der Waals surface area contributed by atoms with Gasteiger partial charge in [-0.25, -0.2) is 9.67 Å². The van der Waals surface area contributed by atoms with E-state index in [1.54, 1.807) is 44.6 Å². The van der Waals surface area contributed by atoms with Gasteiger partial charge in [-0.05, 0) is 24.6 Å². The van der Waals surface area contributed by atoms with Crippen LogP contribution in [-0.2, 0) is 0 Å². The van der Waals surface area contributed by atoms with Crippen molar-refractivity contribution in [2.45, 2.75) is 13.0 Å². The minimum atomic E-state index is -0.550. The molecule has 18 heavy (non-hydrogen) atoms. The predicted molar refractivity (Wildman–Crippen MR) is 65.4 cm³/mol. The molecule has 0 unspecified atom stereocenters. The number of aliphatic hydroxyl groups is 1. The molecule has 0 saturated carbocycles. The Bertz CT molecular complexity index is 545. The maximum atomic E-state index is 11.4. The molecule has 0 fully saturated rings. The lowest BCUT2D eigenvalue weighted by Gasteiger charge is -2.05. The molecule has 0 aliphatic heterocycles. The van der Waals surface area contributed by atoms with Gasteiger partial charge in [0.15, 0.2) is 11.5 Å². The van der Waals surface area contributed by atoms with Crippen LogP contribution in [0.25, 0.3) is 5.82 Å². The van der Waals surface area contributed by atoms with Crippen molar-refractivity contribution in [2.75, 3.05) is 7.05 Å². The van der Waals surface area contributed by atoms with Gasteiger partial charge < -0.3 is 10.4 Å². The van der Waals surface area contributed by atoms with Crippen LogP contribution < -0.4 is 5.32 Å². The fourth-order valence-electron chi connectivity index (χ4n) is 1.48. The van der Waals surface area contributed by atoms with E-state index in [9.17, 15) is 9.90 Å². The zero-order valence-corrected chi connectivity index (χ0v) is 10.2.